The predicted molar refractivity (Wildman–Crippen MR) is 209 cm³/mol. The van der Waals surface area contributed by atoms with Crippen molar-refractivity contribution in [1.29, 1.82) is 0 Å². The monoisotopic (exact) mass is 681 g/mol. The minimum atomic E-state index is 1.00. The van der Waals surface area contributed by atoms with Gasteiger partial charge in [0.05, 0.1) is 0 Å². The fraction of sp³-hybridized carbons (Fsp3) is 1.00. The van der Waals surface area contributed by atoms with Crippen LogP contribution in [0.4, 0.5) is 0 Å². The van der Waals surface area contributed by atoms with Crippen molar-refractivity contribution < 1.29 is 0 Å². The highest BCUT2D eigenvalue weighted by molar-refractivity contribution is 5.08. The zero-order valence-corrected chi connectivity index (χ0v) is 33.3. The van der Waals surface area contributed by atoms with E-state index < -0.39 is 0 Å². The molecular formula is C50H80. The van der Waals surface area contributed by atoms with Gasteiger partial charge in [-0.2, -0.15) is 0 Å². The summed E-state index contributed by atoms with van der Waals surface area (Å²) in [7, 11) is 0. The molecule has 0 aromatic heterocycles. The second-order valence-electron chi connectivity index (χ2n) is 25.0. The van der Waals surface area contributed by atoms with Crippen molar-refractivity contribution >= 4 is 0 Å². The van der Waals surface area contributed by atoms with E-state index in [1.54, 1.807) is 257 Å². The highest BCUT2D eigenvalue weighted by Gasteiger charge is 2.57. The molecule has 0 nitrogen and oxygen atoms in total. The van der Waals surface area contributed by atoms with Crippen LogP contribution in [0.5, 0.6) is 0 Å². The Labute approximate surface area is 310 Å². The molecule has 0 heterocycles. The largest absolute Gasteiger partial charge is 0.0471 e. The molecule has 0 radical (unpaired) electrons. The van der Waals surface area contributed by atoms with E-state index in [4.69, 9.17) is 0 Å². The SMILES string of the molecule is C1CC12CC2.C1CC12CC2.C1CC12CC2.C1CC12CC2.C1CC12CC2.C1CC12CC2.C1CC12CC2.C1CC12CC2.C1CC12CC2.C1CC12CC2. The Morgan fingerprint density at radius 3 is 0.120 bits per heavy atom. The van der Waals surface area contributed by atoms with E-state index >= 15 is 0 Å². The van der Waals surface area contributed by atoms with Gasteiger partial charge in [0.2, 0.25) is 0 Å². The van der Waals surface area contributed by atoms with Crippen LogP contribution < -0.4 is 0 Å². The van der Waals surface area contributed by atoms with Crippen molar-refractivity contribution in [2.75, 3.05) is 0 Å². The average Bonchev–Trinajstić information content (AvgIpc) is 4.05. The third-order valence-corrected chi connectivity index (χ3v) is 19.1. The first kappa shape index (κ1) is 33.3. The first-order valence-electron chi connectivity index (χ1n) is 24.1. The normalized spacial score (nSPS) is 38.4. The Bertz CT molecular complexity index is 761. The third kappa shape index (κ3) is 10.6. The summed E-state index contributed by atoms with van der Waals surface area (Å²) in [5.41, 5.74) is 10.0. The van der Waals surface area contributed by atoms with Gasteiger partial charge in [0.15, 0.2) is 0 Å². The summed E-state index contributed by atoms with van der Waals surface area (Å²) in [5, 5.41) is 0. The molecule has 20 fully saturated rings. The van der Waals surface area contributed by atoms with Gasteiger partial charge in [-0.1, -0.05) is 0 Å². The van der Waals surface area contributed by atoms with Crippen LogP contribution in [0.25, 0.3) is 0 Å². The van der Waals surface area contributed by atoms with Crippen LogP contribution in [-0.4, -0.2) is 0 Å². The Morgan fingerprint density at radius 2 is 0.120 bits per heavy atom. The molecule has 0 amide bonds. The summed E-state index contributed by atoms with van der Waals surface area (Å²) >= 11 is 0. The van der Waals surface area contributed by atoms with Gasteiger partial charge in [-0.05, 0) is 311 Å². The highest BCUT2D eigenvalue weighted by Crippen LogP contribution is 2.70. The summed E-state index contributed by atoms with van der Waals surface area (Å²) in [6, 6.07) is 0. The molecule has 0 aliphatic heterocycles. The molecule has 0 aromatic carbocycles. The van der Waals surface area contributed by atoms with Crippen LogP contribution in [0.15, 0.2) is 0 Å². The van der Waals surface area contributed by atoms with Gasteiger partial charge in [-0.3, -0.25) is 0 Å². The standard InChI is InChI=1S/10C5H8/c10*1-2-5(1)3-4-5/h10*1-4H2. The Balaban J connectivity index is 0.0000000667. The number of hydrogen-bond donors (Lipinski definition) is 0. The van der Waals surface area contributed by atoms with E-state index in [1.807, 2.05) is 0 Å². The molecule has 20 saturated carbocycles. The molecule has 20 rings (SSSR count). The van der Waals surface area contributed by atoms with E-state index in [0.29, 0.717) is 0 Å². The van der Waals surface area contributed by atoms with Gasteiger partial charge in [0.1, 0.15) is 0 Å². The fourth-order valence-electron chi connectivity index (χ4n) is 8.54. The van der Waals surface area contributed by atoms with Gasteiger partial charge >= 0.3 is 0 Å². The van der Waals surface area contributed by atoms with E-state index in [2.05, 4.69) is 0 Å². The summed E-state index contributed by atoms with van der Waals surface area (Å²) in [5.74, 6) is 0. The molecule has 0 heteroatoms. The Hall–Kier alpha value is 0. The lowest BCUT2D eigenvalue weighted by Gasteiger charge is -1.60. The van der Waals surface area contributed by atoms with Gasteiger partial charge in [-0.15, -0.1) is 0 Å². The summed E-state index contributed by atoms with van der Waals surface area (Å²) < 4.78 is 0. The maximum absolute atomic E-state index is 1.56. The molecule has 0 unspecified atom stereocenters. The van der Waals surface area contributed by atoms with E-state index in [0.717, 1.165) is 54.1 Å². The van der Waals surface area contributed by atoms with Crippen molar-refractivity contribution in [2.45, 2.75) is 257 Å². The van der Waals surface area contributed by atoms with Crippen LogP contribution in [0, 0.1) is 54.1 Å². The van der Waals surface area contributed by atoms with Crippen molar-refractivity contribution in [3.05, 3.63) is 0 Å². The number of hydrogen-bond acceptors (Lipinski definition) is 0. The van der Waals surface area contributed by atoms with Crippen LogP contribution in [0.2, 0.25) is 0 Å². The molecule has 0 aromatic rings. The minimum absolute atomic E-state index is 1.00. The molecule has 0 N–H and O–H groups in total. The summed E-state index contributed by atoms with van der Waals surface area (Å²) in [4.78, 5) is 0. The maximum Gasteiger partial charge on any atom is -0.0297 e. The molecule has 280 valence electrons. The molecule has 0 atom stereocenters. The van der Waals surface area contributed by atoms with E-state index in [1.165, 1.54) is 0 Å². The summed E-state index contributed by atoms with van der Waals surface area (Å²) in [6.07, 6.45) is 62.5. The minimum Gasteiger partial charge on any atom is -0.0471 e. The van der Waals surface area contributed by atoms with Crippen LogP contribution >= 0.6 is 0 Å². The lowest BCUT2D eigenvalue weighted by Crippen LogP contribution is -1.51. The molecule has 50 heavy (non-hydrogen) atoms. The third-order valence-electron chi connectivity index (χ3n) is 19.1. The van der Waals surface area contributed by atoms with Gasteiger partial charge < -0.3 is 0 Å². The maximum atomic E-state index is 1.56. The smallest absolute Gasteiger partial charge is 0.0297 e. The average molecular weight is 681 g/mol. The molecule has 20 aliphatic carbocycles. The van der Waals surface area contributed by atoms with E-state index in [-0.39, 0.29) is 0 Å². The zero-order chi connectivity index (χ0) is 33.3. The number of rotatable bonds is 0. The Kier molecular flexibility index (Phi) is 7.53. The first-order valence-corrected chi connectivity index (χ1v) is 24.1. The zero-order valence-electron chi connectivity index (χ0n) is 33.3. The van der Waals surface area contributed by atoms with Crippen LogP contribution in [-0.2, 0) is 0 Å². The summed E-state index contributed by atoms with van der Waals surface area (Å²) in [6.45, 7) is 0. The lowest BCUT2D eigenvalue weighted by molar-refractivity contribution is 0.898. The lowest BCUT2D eigenvalue weighted by atomic mass is 10.5. The van der Waals surface area contributed by atoms with Crippen molar-refractivity contribution in [3.63, 3.8) is 0 Å². The van der Waals surface area contributed by atoms with Gasteiger partial charge in [0, 0.05) is 0 Å². The molecule has 20 aliphatic rings. The van der Waals surface area contributed by atoms with Crippen molar-refractivity contribution in [3.8, 4) is 0 Å². The van der Waals surface area contributed by atoms with Gasteiger partial charge in [-0.25, -0.2) is 0 Å². The fourth-order valence-corrected chi connectivity index (χ4v) is 8.54. The molecule has 0 bridgehead atoms. The molecule has 0 saturated heterocycles. The van der Waals surface area contributed by atoms with Crippen LogP contribution in [0.3, 0.4) is 0 Å². The predicted octanol–water partition coefficient (Wildman–Crippen LogP) is 15.6. The van der Waals surface area contributed by atoms with Crippen LogP contribution in [0.1, 0.15) is 257 Å². The first-order chi connectivity index (χ1) is 24.1. The quantitative estimate of drug-likeness (QED) is 0.239. The second-order valence-corrected chi connectivity index (χ2v) is 25.0. The molecule has 10 spiro atoms. The van der Waals surface area contributed by atoms with E-state index in [9.17, 15) is 0 Å². The Morgan fingerprint density at radius 1 is 0.0800 bits per heavy atom. The topological polar surface area (TPSA) is 0 Å². The highest BCUT2D eigenvalue weighted by atomic mass is 14.6. The van der Waals surface area contributed by atoms with Crippen molar-refractivity contribution in [2.24, 2.45) is 54.1 Å². The molecular weight excluding hydrogens is 601 g/mol. The second kappa shape index (κ2) is 11.3. The van der Waals surface area contributed by atoms with Crippen molar-refractivity contribution in [1.82, 2.24) is 0 Å². The van der Waals surface area contributed by atoms with Gasteiger partial charge in [0.25, 0.3) is 0 Å².